The van der Waals surface area contributed by atoms with E-state index >= 15 is 0 Å². The molecule has 0 atom stereocenters. The molecule has 0 amide bonds. The molecule has 6 heavy (non-hydrogen) atoms. The first kappa shape index (κ1) is 5.74. The van der Waals surface area contributed by atoms with Gasteiger partial charge >= 0.3 is 0 Å². The van der Waals surface area contributed by atoms with E-state index in [1.165, 1.54) is 5.57 Å². The zero-order valence-electron chi connectivity index (χ0n) is 4.49. The first-order chi connectivity index (χ1) is 2.77. The Morgan fingerprint density at radius 1 is 1.67 bits per heavy atom. The van der Waals surface area contributed by atoms with Gasteiger partial charge in [-0.05, 0) is 27.2 Å². The highest BCUT2D eigenvalue weighted by molar-refractivity contribution is 4.92. The molecule has 0 bridgehead atoms. The lowest BCUT2D eigenvalue weighted by atomic mass is 10.3. The van der Waals surface area contributed by atoms with Crippen LogP contribution in [-0.4, -0.2) is 0 Å². The van der Waals surface area contributed by atoms with Crippen LogP contribution in [-0.2, 0) is 0 Å². The van der Waals surface area contributed by atoms with E-state index in [-0.39, 0.29) is 0 Å². The molecule has 0 rings (SSSR count). The Morgan fingerprint density at radius 2 is 2.17 bits per heavy atom. The van der Waals surface area contributed by atoms with Gasteiger partial charge in [-0.2, -0.15) is 0 Å². The summed E-state index contributed by atoms with van der Waals surface area (Å²) in [6.07, 6.45) is 3.02. The molecule has 0 spiro atoms. The molecule has 0 saturated carbocycles. The molecule has 0 nitrogen and oxygen atoms in total. The maximum Gasteiger partial charge on any atom is -0.0348 e. The summed E-state index contributed by atoms with van der Waals surface area (Å²) < 4.78 is 0. The van der Waals surface area contributed by atoms with Crippen molar-refractivity contribution in [3.63, 3.8) is 0 Å². The minimum Gasteiger partial charge on any atom is -0.0859 e. The molecular formula is C6H11. The van der Waals surface area contributed by atoms with Gasteiger partial charge in [0.15, 0.2) is 0 Å². The molecule has 0 unspecified atom stereocenters. The Kier molecular flexibility index (Phi) is 2.82. The van der Waals surface area contributed by atoms with Gasteiger partial charge < -0.3 is 0 Å². The van der Waals surface area contributed by atoms with E-state index in [0.717, 1.165) is 6.42 Å². The van der Waals surface area contributed by atoms with E-state index in [1.54, 1.807) is 0 Å². The van der Waals surface area contributed by atoms with Crippen LogP contribution in [0.3, 0.4) is 0 Å². The average Bonchev–Trinajstić information content (AvgIpc) is 1.35. The monoisotopic (exact) mass is 83.1 g/mol. The minimum absolute atomic E-state index is 0.919. The van der Waals surface area contributed by atoms with Crippen LogP contribution >= 0.6 is 0 Å². The van der Waals surface area contributed by atoms with Crippen molar-refractivity contribution in [3.8, 4) is 0 Å². The Bertz CT molecular complexity index is 47.1. The molecule has 0 aromatic heterocycles. The summed E-state index contributed by atoms with van der Waals surface area (Å²) in [5.41, 5.74) is 1.35. The summed E-state index contributed by atoms with van der Waals surface area (Å²) in [5, 5.41) is 0. The van der Waals surface area contributed by atoms with Crippen LogP contribution in [0.25, 0.3) is 0 Å². The fourth-order valence-corrected chi connectivity index (χ4v) is 0.289. The number of allylic oxidation sites excluding steroid dienone is 2. The lowest BCUT2D eigenvalue weighted by molar-refractivity contribution is 1.28. The fraction of sp³-hybridized carbons (Fsp3) is 0.500. The van der Waals surface area contributed by atoms with Crippen molar-refractivity contribution in [3.05, 3.63) is 18.6 Å². The van der Waals surface area contributed by atoms with E-state index in [0.29, 0.717) is 0 Å². The summed E-state index contributed by atoms with van der Waals surface area (Å²) in [6, 6.07) is 0. The third-order valence-corrected chi connectivity index (χ3v) is 0.553. The van der Waals surface area contributed by atoms with E-state index in [2.05, 4.69) is 26.8 Å². The van der Waals surface area contributed by atoms with Crippen LogP contribution in [0.4, 0.5) is 0 Å². The molecule has 0 heterocycles. The lowest BCUT2D eigenvalue weighted by Crippen LogP contribution is -1.58. The van der Waals surface area contributed by atoms with Gasteiger partial charge in [0.25, 0.3) is 0 Å². The third-order valence-electron chi connectivity index (χ3n) is 0.553. The molecule has 0 aromatic rings. The zero-order chi connectivity index (χ0) is 4.99. The lowest BCUT2D eigenvalue weighted by Gasteiger charge is -1.80. The van der Waals surface area contributed by atoms with Gasteiger partial charge in [0, 0.05) is 0 Å². The molecule has 0 N–H and O–H groups in total. The van der Waals surface area contributed by atoms with Crippen LogP contribution in [0, 0.1) is 6.92 Å². The molecule has 0 fully saturated rings. The normalized spacial score (nSPS) is 7.83. The zero-order valence-corrected chi connectivity index (χ0v) is 4.49. The standard InChI is InChI=1S/C6H11/c1-4-5-6(2)3/h5H,1,4H2,2-3H3. The second kappa shape index (κ2) is 2.95. The predicted molar refractivity (Wildman–Crippen MR) is 29.4 cm³/mol. The largest absolute Gasteiger partial charge is 0.0859 e. The van der Waals surface area contributed by atoms with Crippen LogP contribution in [0.5, 0.6) is 0 Å². The summed E-state index contributed by atoms with van der Waals surface area (Å²) in [6.45, 7) is 7.80. The third kappa shape index (κ3) is 3.74. The van der Waals surface area contributed by atoms with E-state index in [9.17, 15) is 0 Å². The Hall–Kier alpha value is -0.260. The first-order valence-electron chi connectivity index (χ1n) is 2.20. The van der Waals surface area contributed by atoms with Gasteiger partial charge in [0.1, 0.15) is 0 Å². The van der Waals surface area contributed by atoms with Crippen molar-refractivity contribution in [1.29, 1.82) is 0 Å². The molecule has 0 aromatic carbocycles. The maximum atomic E-state index is 3.65. The van der Waals surface area contributed by atoms with Crippen molar-refractivity contribution in [2.24, 2.45) is 0 Å². The molecule has 0 aliphatic rings. The molecule has 0 saturated heterocycles. The highest BCUT2D eigenvalue weighted by Gasteiger charge is 1.67. The Labute approximate surface area is 39.9 Å². The second-order valence-electron chi connectivity index (χ2n) is 1.57. The molecule has 0 aliphatic carbocycles. The van der Waals surface area contributed by atoms with Gasteiger partial charge in [-0.3, -0.25) is 0 Å². The molecular weight excluding hydrogens is 72.1 g/mol. The van der Waals surface area contributed by atoms with E-state index in [1.807, 2.05) is 0 Å². The van der Waals surface area contributed by atoms with Crippen LogP contribution in [0.15, 0.2) is 11.6 Å². The highest BCUT2D eigenvalue weighted by atomic mass is 13.7. The number of hydrogen-bond acceptors (Lipinski definition) is 0. The fourth-order valence-electron chi connectivity index (χ4n) is 0.289. The number of hydrogen-bond donors (Lipinski definition) is 0. The Morgan fingerprint density at radius 3 is 2.17 bits per heavy atom. The van der Waals surface area contributed by atoms with Crippen molar-refractivity contribution in [2.75, 3.05) is 0 Å². The van der Waals surface area contributed by atoms with Crippen LogP contribution in [0.2, 0.25) is 0 Å². The van der Waals surface area contributed by atoms with Crippen LogP contribution in [0.1, 0.15) is 20.3 Å². The Balaban J connectivity index is 3.14. The summed E-state index contributed by atoms with van der Waals surface area (Å²) in [4.78, 5) is 0. The highest BCUT2D eigenvalue weighted by Crippen LogP contribution is 1.88. The van der Waals surface area contributed by atoms with Gasteiger partial charge in [0.2, 0.25) is 0 Å². The van der Waals surface area contributed by atoms with Gasteiger partial charge in [-0.15, -0.1) is 0 Å². The van der Waals surface area contributed by atoms with Crippen molar-refractivity contribution < 1.29 is 0 Å². The van der Waals surface area contributed by atoms with Crippen molar-refractivity contribution in [1.82, 2.24) is 0 Å². The smallest absolute Gasteiger partial charge is 0.0348 e. The second-order valence-corrected chi connectivity index (χ2v) is 1.57. The molecule has 1 radical (unpaired) electrons. The average molecular weight is 83.2 g/mol. The predicted octanol–water partition coefficient (Wildman–Crippen LogP) is 2.18. The molecule has 0 aliphatic heterocycles. The summed E-state index contributed by atoms with van der Waals surface area (Å²) >= 11 is 0. The van der Waals surface area contributed by atoms with Crippen LogP contribution < -0.4 is 0 Å². The van der Waals surface area contributed by atoms with Crippen molar-refractivity contribution >= 4 is 0 Å². The van der Waals surface area contributed by atoms with Gasteiger partial charge in [-0.1, -0.05) is 11.6 Å². The molecule has 35 valence electrons. The first-order valence-corrected chi connectivity index (χ1v) is 2.20. The SMILES string of the molecule is [CH2]CC=C(C)C. The maximum absolute atomic E-state index is 3.65. The quantitative estimate of drug-likeness (QED) is 0.426. The van der Waals surface area contributed by atoms with E-state index in [4.69, 9.17) is 0 Å². The van der Waals surface area contributed by atoms with Gasteiger partial charge in [0.05, 0.1) is 0 Å². The van der Waals surface area contributed by atoms with Gasteiger partial charge in [-0.25, -0.2) is 0 Å². The summed E-state index contributed by atoms with van der Waals surface area (Å²) in [5.74, 6) is 0. The topological polar surface area (TPSA) is 0 Å². The van der Waals surface area contributed by atoms with E-state index < -0.39 is 0 Å². The molecule has 0 heteroatoms. The van der Waals surface area contributed by atoms with Crippen molar-refractivity contribution in [2.45, 2.75) is 20.3 Å². The summed E-state index contributed by atoms with van der Waals surface area (Å²) in [7, 11) is 0. The number of rotatable bonds is 1. The minimum atomic E-state index is 0.919.